The Balaban J connectivity index is 1.59. The van der Waals surface area contributed by atoms with Crippen LogP contribution in [0.5, 0.6) is 5.75 Å². The van der Waals surface area contributed by atoms with E-state index in [0.717, 1.165) is 12.2 Å². The second-order valence-electron chi connectivity index (χ2n) is 7.73. The van der Waals surface area contributed by atoms with Gasteiger partial charge in [-0.05, 0) is 30.7 Å². The van der Waals surface area contributed by atoms with Crippen LogP contribution in [0, 0.1) is 5.92 Å². The molecule has 0 amide bonds. The molecule has 1 aromatic heterocycles. The van der Waals surface area contributed by atoms with Crippen LogP contribution in [0.2, 0.25) is 0 Å². The molecule has 1 aliphatic heterocycles. The second-order valence-corrected chi connectivity index (χ2v) is 9.41. The molecule has 11 heteroatoms. The number of para-hydroxylation sites is 1. The Hall–Kier alpha value is -3.05. The van der Waals surface area contributed by atoms with Crippen LogP contribution in [0.3, 0.4) is 0 Å². The lowest BCUT2D eigenvalue weighted by Gasteiger charge is -2.30. The minimum Gasteiger partial charge on any atom is -0.493 e. The van der Waals surface area contributed by atoms with Crippen LogP contribution < -0.4 is 9.46 Å². The third-order valence-corrected chi connectivity index (χ3v) is 6.61. The molecule has 3 aromatic rings. The number of sulfonamides is 1. The number of aliphatic hydroxyl groups is 1. The summed E-state index contributed by atoms with van der Waals surface area (Å²) in [4.78, 5) is 0. The predicted molar refractivity (Wildman–Crippen MR) is 116 cm³/mol. The summed E-state index contributed by atoms with van der Waals surface area (Å²) in [6.45, 7) is 2.96. The van der Waals surface area contributed by atoms with Crippen LogP contribution in [-0.4, -0.2) is 35.4 Å². The molecule has 0 spiro atoms. The van der Waals surface area contributed by atoms with Gasteiger partial charge < -0.3 is 9.84 Å². The summed E-state index contributed by atoms with van der Waals surface area (Å²) in [5, 5.41) is 15.3. The van der Waals surface area contributed by atoms with Crippen LogP contribution in [-0.2, 0) is 23.0 Å². The fourth-order valence-electron chi connectivity index (χ4n) is 3.77. The SMILES string of the molecule is CCn1ccc(C[C@H]2COc3cc(-c4ccccc4NS(=O)(=O)C(F)(F)F)ccc3[C@@H]2O)n1. The van der Waals surface area contributed by atoms with Gasteiger partial charge in [0, 0.05) is 36.2 Å². The van der Waals surface area contributed by atoms with Gasteiger partial charge in [0.15, 0.2) is 0 Å². The molecule has 2 atom stereocenters. The number of hydrogen-bond donors (Lipinski definition) is 2. The molecule has 33 heavy (non-hydrogen) atoms. The maximum Gasteiger partial charge on any atom is 0.516 e. The molecule has 0 unspecified atom stereocenters. The summed E-state index contributed by atoms with van der Waals surface area (Å²) in [6.07, 6.45) is 1.58. The summed E-state index contributed by atoms with van der Waals surface area (Å²) in [7, 11) is -5.57. The second kappa shape index (κ2) is 8.71. The van der Waals surface area contributed by atoms with Gasteiger partial charge in [-0.15, -0.1) is 0 Å². The number of alkyl halides is 3. The Bertz CT molecular complexity index is 1260. The normalized spacial score (nSPS) is 18.5. The molecule has 7 nitrogen and oxygen atoms in total. The van der Waals surface area contributed by atoms with Crippen LogP contribution in [0.25, 0.3) is 11.1 Å². The summed E-state index contributed by atoms with van der Waals surface area (Å²) in [5.74, 6) is 0.179. The van der Waals surface area contributed by atoms with Crippen LogP contribution in [0.15, 0.2) is 54.7 Å². The zero-order valence-electron chi connectivity index (χ0n) is 17.6. The van der Waals surface area contributed by atoms with Crippen molar-refractivity contribution in [2.75, 3.05) is 11.3 Å². The fourth-order valence-corrected chi connectivity index (χ4v) is 4.35. The lowest BCUT2D eigenvalue weighted by atomic mass is 9.88. The van der Waals surface area contributed by atoms with E-state index in [1.54, 1.807) is 33.7 Å². The van der Waals surface area contributed by atoms with Gasteiger partial charge in [-0.25, -0.2) is 0 Å². The van der Waals surface area contributed by atoms with Gasteiger partial charge >= 0.3 is 15.5 Å². The van der Waals surface area contributed by atoms with E-state index in [-0.39, 0.29) is 23.8 Å². The van der Waals surface area contributed by atoms with Gasteiger partial charge in [-0.1, -0.05) is 30.3 Å². The van der Waals surface area contributed by atoms with E-state index in [1.807, 2.05) is 19.2 Å². The summed E-state index contributed by atoms with van der Waals surface area (Å²) in [6, 6.07) is 12.5. The highest BCUT2D eigenvalue weighted by molar-refractivity contribution is 7.93. The summed E-state index contributed by atoms with van der Waals surface area (Å²) < 4.78 is 70.9. The molecule has 0 bridgehead atoms. The van der Waals surface area contributed by atoms with E-state index in [0.29, 0.717) is 23.3 Å². The van der Waals surface area contributed by atoms with Crippen molar-refractivity contribution < 1.29 is 31.4 Å². The van der Waals surface area contributed by atoms with Crippen molar-refractivity contribution in [3.05, 3.63) is 66.0 Å². The average molecular weight is 481 g/mol. The quantitative estimate of drug-likeness (QED) is 0.553. The molecule has 0 saturated carbocycles. The van der Waals surface area contributed by atoms with Crippen molar-refractivity contribution in [1.82, 2.24) is 9.78 Å². The number of aryl methyl sites for hydroxylation is 1. The number of rotatable bonds is 6. The van der Waals surface area contributed by atoms with E-state index in [9.17, 15) is 26.7 Å². The molecule has 2 N–H and O–H groups in total. The van der Waals surface area contributed by atoms with E-state index >= 15 is 0 Å². The van der Waals surface area contributed by atoms with E-state index in [1.165, 1.54) is 18.2 Å². The first-order valence-corrected chi connectivity index (χ1v) is 11.7. The third-order valence-electron chi connectivity index (χ3n) is 5.51. The van der Waals surface area contributed by atoms with Crippen molar-refractivity contribution in [3.8, 4) is 16.9 Å². The zero-order valence-corrected chi connectivity index (χ0v) is 18.4. The lowest BCUT2D eigenvalue weighted by Crippen LogP contribution is -2.30. The van der Waals surface area contributed by atoms with E-state index in [2.05, 4.69) is 5.10 Å². The van der Waals surface area contributed by atoms with Crippen LogP contribution in [0.4, 0.5) is 18.9 Å². The first-order valence-electron chi connectivity index (χ1n) is 10.2. The Morgan fingerprint density at radius 3 is 2.67 bits per heavy atom. The molecule has 0 saturated heterocycles. The van der Waals surface area contributed by atoms with E-state index < -0.39 is 21.6 Å². The maximum absolute atomic E-state index is 12.8. The number of nitrogens with one attached hydrogen (secondary N) is 1. The van der Waals surface area contributed by atoms with E-state index in [4.69, 9.17) is 4.74 Å². The highest BCUT2D eigenvalue weighted by Gasteiger charge is 2.46. The van der Waals surface area contributed by atoms with Crippen molar-refractivity contribution >= 4 is 15.7 Å². The summed E-state index contributed by atoms with van der Waals surface area (Å²) >= 11 is 0. The van der Waals surface area contributed by atoms with Crippen LogP contribution >= 0.6 is 0 Å². The largest absolute Gasteiger partial charge is 0.516 e. The van der Waals surface area contributed by atoms with Gasteiger partial charge in [0.25, 0.3) is 0 Å². The average Bonchev–Trinajstić information content (AvgIpc) is 3.22. The zero-order chi connectivity index (χ0) is 23.8. The fraction of sp³-hybridized carbons (Fsp3) is 0.318. The minimum absolute atomic E-state index is 0.212. The Labute approximate surface area is 188 Å². The molecule has 176 valence electrons. The minimum atomic E-state index is -5.57. The number of nitrogens with zero attached hydrogens (tertiary/aromatic N) is 2. The number of ether oxygens (including phenoxy) is 1. The molecule has 4 rings (SSSR count). The smallest absolute Gasteiger partial charge is 0.493 e. The van der Waals surface area contributed by atoms with Crippen molar-refractivity contribution in [1.29, 1.82) is 0 Å². The molecular formula is C22H22F3N3O4S. The molecule has 0 aliphatic carbocycles. The number of anilines is 1. The van der Waals surface area contributed by atoms with Crippen molar-refractivity contribution in [3.63, 3.8) is 0 Å². The molecular weight excluding hydrogens is 459 g/mol. The molecule has 1 aliphatic rings. The highest BCUT2D eigenvalue weighted by Crippen LogP contribution is 2.40. The van der Waals surface area contributed by atoms with Gasteiger partial charge in [0.1, 0.15) is 5.75 Å². The van der Waals surface area contributed by atoms with Gasteiger partial charge in [-0.3, -0.25) is 9.40 Å². The molecule has 0 fully saturated rings. The number of aliphatic hydroxyl groups excluding tert-OH is 1. The molecule has 2 aromatic carbocycles. The maximum atomic E-state index is 12.8. The Kier molecular flexibility index (Phi) is 6.10. The topological polar surface area (TPSA) is 93.5 Å². The number of hydrogen-bond acceptors (Lipinski definition) is 5. The van der Waals surface area contributed by atoms with Gasteiger partial charge in [-0.2, -0.15) is 26.7 Å². The predicted octanol–water partition coefficient (Wildman–Crippen LogP) is 4.12. The number of aromatic nitrogens is 2. The van der Waals surface area contributed by atoms with Gasteiger partial charge in [0.05, 0.1) is 24.1 Å². The van der Waals surface area contributed by atoms with Crippen molar-refractivity contribution in [2.45, 2.75) is 31.5 Å². The third kappa shape index (κ3) is 4.69. The monoisotopic (exact) mass is 481 g/mol. The standard InChI is InChI=1S/C22H22F3N3O4S/c1-2-28-10-9-16(26-28)11-15-13-32-20-12-14(7-8-18(20)21(15)29)17-5-3-4-6-19(17)27-33(30,31)22(23,24)25/h3-10,12,15,21,27,29H,2,11,13H2,1H3/t15-,21+/m0/s1. The summed E-state index contributed by atoms with van der Waals surface area (Å²) in [5.41, 5.74) is -3.56. The number of benzene rings is 2. The Morgan fingerprint density at radius 2 is 1.97 bits per heavy atom. The van der Waals surface area contributed by atoms with Crippen LogP contribution in [0.1, 0.15) is 24.3 Å². The Morgan fingerprint density at radius 1 is 1.21 bits per heavy atom. The first kappa shape index (κ1) is 23.1. The molecule has 0 radical (unpaired) electrons. The van der Waals surface area contributed by atoms with Gasteiger partial charge in [0.2, 0.25) is 0 Å². The number of halogens is 3. The highest BCUT2D eigenvalue weighted by atomic mass is 32.2. The first-order chi connectivity index (χ1) is 15.6. The molecule has 2 heterocycles. The van der Waals surface area contributed by atoms with Crippen molar-refractivity contribution in [2.24, 2.45) is 5.92 Å². The lowest BCUT2D eigenvalue weighted by molar-refractivity contribution is -0.0429. The number of fused-ring (bicyclic) bond motifs is 1.